The van der Waals surface area contributed by atoms with E-state index >= 15 is 0 Å². The van der Waals surface area contributed by atoms with E-state index in [9.17, 15) is 40.2 Å². The van der Waals surface area contributed by atoms with Gasteiger partial charge in [-0.25, -0.2) is 4.79 Å². The van der Waals surface area contributed by atoms with Gasteiger partial charge in [0.2, 0.25) is 11.9 Å². The first-order chi connectivity index (χ1) is 14.7. The predicted molar refractivity (Wildman–Crippen MR) is 101 cm³/mol. The number of benzene rings is 1. The summed E-state index contributed by atoms with van der Waals surface area (Å²) in [6.07, 6.45) is -5.11. The number of hydrogen-bond donors (Lipinski definition) is 6. The molecule has 0 unspecified atom stereocenters. The maximum absolute atomic E-state index is 12.3. The molecular weight excluding hydrogens is 416 g/mol. The molecule has 170 valence electrons. The fraction of sp³-hybridized carbons (Fsp3) is 0.500. The zero-order valence-electron chi connectivity index (χ0n) is 16.3. The Hall–Kier alpha value is -2.54. The van der Waals surface area contributed by atoms with Gasteiger partial charge in [-0.15, -0.1) is 0 Å². The van der Waals surface area contributed by atoms with Crippen molar-refractivity contribution < 1.29 is 54.4 Å². The summed E-state index contributed by atoms with van der Waals surface area (Å²) < 4.78 is 15.8. The fourth-order valence-electron chi connectivity index (χ4n) is 3.29. The van der Waals surface area contributed by atoms with Gasteiger partial charge in [0.25, 0.3) is 0 Å². The summed E-state index contributed by atoms with van der Waals surface area (Å²) in [6, 6.07) is 4.08. The van der Waals surface area contributed by atoms with Crippen molar-refractivity contribution in [1.29, 1.82) is 0 Å². The lowest BCUT2D eigenvalue weighted by Gasteiger charge is -2.39. The molecule has 0 spiro atoms. The minimum Gasteiger partial charge on any atom is -0.504 e. The van der Waals surface area contributed by atoms with Gasteiger partial charge in [0.15, 0.2) is 17.3 Å². The highest BCUT2D eigenvalue weighted by Gasteiger charge is 2.46. The largest absolute Gasteiger partial charge is 0.504 e. The van der Waals surface area contributed by atoms with Gasteiger partial charge in [0, 0.05) is 18.4 Å². The topological polar surface area (TPSA) is 183 Å². The molecule has 1 aromatic rings. The Balaban J connectivity index is 1.75. The summed E-state index contributed by atoms with van der Waals surface area (Å²) in [4.78, 5) is 24.2. The van der Waals surface area contributed by atoms with Crippen LogP contribution in [-0.4, -0.2) is 85.3 Å². The van der Waals surface area contributed by atoms with E-state index < -0.39 is 67.0 Å². The number of aliphatic hydroxyl groups excluding tert-OH is 4. The Morgan fingerprint density at radius 1 is 1.16 bits per heavy atom. The van der Waals surface area contributed by atoms with E-state index in [0.29, 0.717) is 0 Å². The highest BCUT2D eigenvalue weighted by molar-refractivity contribution is 6.08. The highest BCUT2D eigenvalue weighted by atomic mass is 16.7. The molecule has 1 fully saturated rings. The molecular formula is C20H24O11. The third-order valence-corrected chi connectivity index (χ3v) is 5.20. The van der Waals surface area contributed by atoms with Crippen molar-refractivity contribution in [3.8, 4) is 11.5 Å². The van der Waals surface area contributed by atoms with Crippen molar-refractivity contribution in [2.24, 2.45) is 0 Å². The Kier molecular flexibility index (Phi) is 6.94. The van der Waals surface area contributed by atoms with Gasteiger partial charge in [0.05, 0.1) is 6.61 Å². The van der Waals surface area contributed by atoms with E-state index in [-0.39, 0.29) is 24.2 Å². The van der Waals surface area contributed by atoms with Gasteiger partial charge in [-0.2, -0.15) is 0 Å². The van der Waals surface area contributed by atoms with E-state index in [0.717, 1.165) is 0 Å². The predicted octanol–water partition coefficient (Wildman–Crippen LogP) is -1.74. The molecule has 1 saturated heterocycles. The minimum absolute atomic E-state index is 0.104. The van der Waals surface area contributed by atoms with Crippen LogP contribution in [0.25, 0.3) is 0 Å². The molecule has 1 aliphatic heterocycles. The number of ether oxygens (including phenoxy) is 3. The molecule has 0 radical (unpaired) electrons. The molecule has 0 aromatic heterocycles. The van der Waals surface area contributed by atoms with Crippen molar-refractivity contribution in [3.63, 3.8) is 0 Å². The third-order valence-electron chi connectivity index (χ3n) is 5.20. The van der Waals surface area contributed by atoms with Gasteiger partial charge in [-0.05, 0) is 6.07 Å². The van der Waals surface area contributed by atoms with Gasteiger partial charge >= 0.3 is 5.97 Å². The highest BCUT2D eigenvalue weighted by Crippen LogP contribution is 2.34. The number of allylic oxidation sites excluding steroid dienone is 1. The summed E-state index contributed by atoms with van der Waals surface area (Å²) in [5.41, 5.74) is -2.20. The van der Waals surface area contributed by atoms with Crippen molar-refractivity contribution in [2.75, 3.05) is 6.61 Å². The minimum atomic E-state index is -2.30. The first-order valence-corrected chi connectivity index (χ1v) is 9.55. The number of carbonyl (C=O) groups excluding carboxylic acids is 2. The normalized spacial score (nSPS) is 33.2. The second-order valence-corrected chi connectivity index (χ2v) is 7.32. The molecule has 0 saturated carbocycles. The molecule has 11 nitrogen and oxygen atoms in total. The zero-order chi connectivity index (χ0) is 22.8. The smallest absolute Gasteiger partial charge is 0.346 e. The van der Waals surface area contributed by atoms with Gasteiger partial charge in [0.1, 0.15) is 31.0 Å². The Labute approximate surface area is 176 Å². The second kappa shape index (κ2) is 9.30. The lowest BCUT2D eigenvalue weighted by atomic mass is 9.88. The summed E-state index contributed by atoms with van der Waals surface area (Å²) >= 11 is 0. The number of esters is 1. The maximum Gasteiger partial charge on any atom is 0.346 e. The molecule has 6 N–H and O–H groups in total. The molecule has 1 aromatic carbocycles. The van der Waals surface area contributed by atoms with Gasteiger partial charge < -0.3 is 44.8 Å². The molecule has 31 heavy (non-hydrogen) atoms. The number of rotatable bonds is 6. The zero-order valence-corrected chi connectivity index (χ0v) is 16.3. The molecule has 1 heterocycles. The quantitative estimate of drug-likeness (QED) is 0.168. The lowest BCUT2D eigenvalue weighted by molar-refractivity contribution is -0.277. The first-order valence-electron chi connectivity index (χ1n) is 9.55. The van der Waals surface area contributed by atoms with Crippen LogP contribution in [0.5, 0.6) is 11.5 Å². The van der Waals surface area contributed by atoms with Crippen molar-refractivity contribution in [1.82, 2.24) is 0 Å². The van der Waals surface area contributed by atoms with E-state index in [1.54, 1.807) is 0 Å². The van der Waals surface area contributed by atoms with Crippen LogP contribution in [0.3, 0.4) is 0 Å². The van der Waals surface area contributed by atoms with Crippen LogP contribution in [-0.2, 0) is 25.7 Å². The number of para-hydroxylation sites is 1. The molecule has 11 heteroatoms. The lowest BCUT2D eigenvalue weighted by Crippen LogP contribution is -2.60. The molecule has 3 rings (SSSR count). The number of phenolic OH excluding ortho intramolecular Hbond substituents is 1. The second-order valence-electron chi connectivity index (χ2n) is 7.32. The van der Waals surface area contributed by atoms with Crippen molar-refractivity contribution in [3.05, 3.63) is 35.9 Å². The summed E-state index contributed by atoms with van der Waals surface area (Å²) in [6.45, 7) is -1.17. The summed E-state index contributed by atoms with van der Waals surface area (Å²) in [5.74, 6) is -2.54. The molecule has 0 bridgehead atoms. The number of hydrogen-bond acceptors (Lipinski definition) is 11. The standard InChI is InChI=1S/C20H24O11/c21-8-12-14(24)15(25)16(26)18(30-12)31-17-10(4-3-5-11(17)22)9-29-19(27)20(28)7-2-1-6-13(20)23/h1-5,12,14-16,18,21-22,24-26,28H,6-9H2/t12-,14-,15+,16-,18+,20+/m1/s1. The number of aliphatic hydroxyl groups is 5. The van der Waals surface area contributed by atoms with E-state index in [1.165, 1.54) is 30.4 Å². The number of Topliss-reactive ketones (excluding diaryl/α,β-unsaturated/α-hetero) is 1. The number of ketones is 1. The van der Waals surface area contributed by atoms with Crippen LogP contribution in [0.1, 0.15) is 18.4 Å². The number of phenols is 1. The maximum atomic E-state index is 12.3. The van der Waals surface area contributed by atoms with Crippen LogP contribution in [0.15, 0.2) is 30.4 Å². The summed E-state index contributed by atoms with van der Waals surface area (Å²) in [7, 11) is 0. The third kappa shape index (κ3) is 4.56. The molecule has 6 atom stereocenters. The van der Waals surface area contributed by atoms with Crippen LogP contribution in [0, 0.1) is 0 Å². The number of carbonyl (C=O) groups is 2. The molecule has 0 amide bonds. The van der Waals surface area contributed by atoms with Gasteiger partial charge in [-0.3, -0.25) is 4.79 Å². The average molecular weight is 440 g/mol. The Morgan fingerprint density at radius 3 is 2.58 bits per heavy atom. The van der Waals surface area contributed by atoms with Crippen LogP contribution < -0.4 is 4.74 Å². The SMILES string of the molecule is O=C1CC=CC[C@@]1(O)C(=O)OCc1cccc(O)c1O[C@@H]1O[C@H](CO)[C@@H](O)[C@H](O)[C@H]1O. The summed E-state index contributed by atoms with van der Waals surface area (Å²) in [5, 5.41) is 59.7. The Bertz CT molecular complexity index is 852. The first kappa shape index (κ1) is 23.1. The van der Waals surface area contributed by atoms with Crippen molar-refractivity contribution >= 4 is 11.8 Å². The van der Waals surface area contributed by atoms with E-state index in [4.69, 9.17) is 14.2 Å². The fourth-order valence-corrected chi connectivity index (χ4v) is 3.29. The average Bonchev–Trinajstić information content (AvgIpc) is 2.76. The van der Waals surface area contributed by atoms with Crippen molar-refractivity contribution in [2.45, 2.75) is 55.8 Å². The Morgan fingerprint density at radius 2 is 1.90 bits per heavy atom. The van der Waals surface area contributed by atoms with Crippen LogP contribution in [0.2, 0.25) is 0 Å². The molecule has 1 aliphatic carbocycles. The number of aromatic hydroxyl groups is 1. The van der Waals surface area contributed by atoms with E-state index in [2.05, 4.69) is 0 Å². The van der Waals surface area contributed by atoms with Crippen LogP contribution >= 0.6 is 0 Å². The monoisotopic (exact) mass is 440 g/mol. The van der Waals surface area contributed by atoms with E-state index in [1.807, 2.05) is 0 Å². The molecule has 2 aliphatic rings. The van der Waals surface area contributed by atoms with Crippen LogP contribution in [0.4, 0.5) is 0 Å². The van der Waals surface area contributed by atoms with Gasteiger partial charge in [-0.1, -0.05) is 24.3 Å².